The van der Waals surface area contributed by atoms with Crippen LogP contribution in [0.15, 0.2) is 41.3 Å². The van der Waals surface area contributed by atoms with Crippen LogP contribution in [0.25, 0.3) is 0 Å². The van der Waals surface area contributed by atoms with E-state index in [1.165, 1.54) is 10.8 Å². The highest BCUT2D eigenvalue weighted by molar-refractivity contribution is 6.33. The van der Waals surface area contributed by atoms with Gasteiger partial charge in [0, 0.05) is 11.8 Å². The number of carbonyl (C=O) groups excluding carboxylic acids is 1. The van der Waals surface area contributed by atoms with E-state index in [1.807, 2.05) is 13.0 Å². The number of methoxy groups -OCH3 is 1. The summed E-state index contributed by atoms with van der Waals surface area (Å²) < 4.78 is 12.2. The number of halogens is 2. The highest BCUT2D eigenvalue weighted by Crippen LogP contribution is 2.40. The average Bonchev–Trinajstić information content (AvgIpc) is 3.65. The van der Waals surface area contributed by atoms with Crippen molar-refractivity contribution in [2.24, 2.45) is 5.92 Å². The van der Waals surface area contributed by atoms with Crippen molar-refractivity contribution in [2.75, 3.05) is 24.4 Å². The minimum Gasteiger partial charge on any atom is -0.481 e. The van der Waals surface area contributed by atoms with Crippen LogP contribution >= 0.6 is 23.2 Å². The number of ether oxygens (including phenoxy) is 2. The molecule has 0 unspecified atom stereocenters. The first kappa shape index (κ1) is 24.8. The minimum absolute atomic E-state index is 0.0110. The van der Waals surface area contributed by atoms with Gasteiger partial charge in [-0.3, -0.25) is 10.1 Å². The molecule has 0 radical (unpaired) electrons. The molecule has 0 bridgehead atoms. The van der Waals surface area contributed by atoms with Crippen molar-refractivity contribution < 1.29 is 14.3 Å². The van der Waals surface area contributed by atoms with Crippen LogP contribution in [0.3, 0.4) is 0 Å². The number of aryl methyl sites for hydroxylation is 2. The van der Waals surface area contributed by atoms with E-state index in [4.69, 9.17) is 32.7 Å². The predicted octanol–water partition coefficient (Wildman–Crippen LogP) is 5.51. The number of para-hydroxylation sites is 1. The Morgan fingerprint density at radius 2 is 1.94 bits per heavy atom. The number of anilines is 3. The van der Waals surface area contributed by atoms with Gasteiger partial charge in [-0.05, 0) is 50.8 Å². The minimum atomic E-state index is -0.661. The summed E-state index contributed by atoms with van der Waals surface area (Å²) in [6, 6.07) is 8.29. The third-order valence-corrected chi connectivity index (χ3v) is 6.24. The molecular weight excluding hydrogens is 493 g/mol. The fourth-order valence-electron chi connectivity index (χ4n) is 3.75. The summed E-state index contributed by atoms with van der Waals surface area (Å²) in [5.41, 5.74) is 2.11. The van der Waals surface area contributed by atoms with Crippen LogP contribution in [0.4, 0.5) is 22.0 Å². The van der Waals surface area contributed by atoms with Crippen molar-refractivity contribution in [2.45, 2.75) is 32.7 Å². The van der Waals surface area contributed by atoms with Gasteiger partial charge in [0.05, 0.1) is 35.2 Å². The Labute approximate surface area is 212 Å². The SMILES string of the molecule is COc1nc(C)c(Nc2nc(Cl)cn([C@H](COC(=O)Nc3ccccc3Cl)C3CC3)c2=O)cc1C. The Kier molecular flexibility index (Phi) is 7.47. The molecule has 2 heterocycles. The largest absolute Gasteiger partial charge is 0.481 e. The second kappa shape index (κ2) is 10.5. The summed E-state index contributed by atoms with van der Waals surface area (Å²) in [7, 11) is 1.55. The molecule has 9 nitrogen and oxygen atoms in total. The van der Waals surface area contributed by atoms with Gasteiger partial charge < -0.3 is 19.4 Å². The van der Waals surface area contributed by atoms with Gasteiger partial charge >= 0.3 is 6.09 Å². The van der Waals surface area contributed by atoms with Crippen LogP contribution < -0.4 is 20.9 Å². The molecule has 1 amide bonds. The Balaban J connectivity index is 1.55. The number of carbonyl (C=O) groups is 1. The molecule has 35 heavy (non-hydrogen) atoms. The van der Waals surface area contributed by atoms with Gasteiger partial charge in [0.1, 0.15) is 11.8 Å². The van der Waals surface area contributed by atoms with Crippen molar-refractivity contribution in [3.8, 4) is 5.88 Å². The summed E-state index contributed by atoms with van der Waals surface area (Å²) in [6.45, 7) is 3.64. The molecular formula is C24H25Cl2N5O4. The fraction of sp³-hybridized carbons (Fsp3) is 0.333. The number of aromatic nitrogens is 3. The zero-order valence-electron chi connectivity index (χ0n) is 19.5. The number of amides is 1. The molecule has 1 aliphatic carbocycles. The number of hydrogen-bond acceptors (Lipinski definition) is 7. The normalized spacial score (nSPS) is 13.7. The van der Waals surface area contributed by atoms with E-state index >= 15 is 0 Å². The van der Waals surface area contributed by atoms with Crippen LogP contribution in [0.5, 0.6) is 5.88 Å². The van der Waals surface area contributed by atoms with Gasteiger partial charge in [0.25, 0.3) is 5.56 Å². The number of rotatable bonds is 8. The van der Waals surface area contributed by atoms with Gasteiger partial charge in [-0.25, -0.2) is 14.8 Å². The van der Waals surface area contributed by atoms with Crippen molar-refractivity contribution in [1.82, 2.24) is 14.5 Å². The number of pyridine rings is 1. The molecule has 184 valence electrons. The van der Waals surface area contributed by atoms with Crippen LogP contribution in [0, 0.1) is 19.8 Å². The summed E-state index contributed by atoms with van der Waals surface area (Å²) in [5.74, 6) is 0.738. The summed E-state index contributed by atoms with van der Waals surface area (Å²) in [4.78, 5) is 34.3. The highest BCUT2D eigenvalue weighted by atomic mass is 35.5. The quantitative estimate of drug-likeness (QED) is 0.405. The van der Waals surface area contributed by atoms with E-state index in [1.54, 1.807) is 38.3 Å². The lowest BCUT2D eigenvalue weighted by Crippen LogP contribution is -2.32. The molecule has 3 aromatic rings. The van der Waals surface area contributed by atoms with E-state index < -0.39 is 12.1 Å². The topological polar surface area (TPSA) is 107 Å². The Morgan fingerprint density at radius 3 is 2.63 bits per heavy atom. The molecule has 1 atom stereocenters. The second-order valence-electron chi connectivity index (χ2n) is 8.31. The molecule has 0 spiro atoms. The molecule has 1 saturated carbocycles. The monoisotopic (exact) mass is 517 g/mol. The zero-order valence-corrected chi connectivity index (χ0v) is 21.0. The number of hydrogen-bond donors (Lipinski definition) is 2. The Bertz CT molecular complexity index is 1310. The van der Waals surface area contributed by atoms with Crippen molar-refractivity contribution >= 4 is 46.5 Å². The number of nitrogens with one attached hydrogen (secondary N) is 2. The Hall–Kier alpha value is -3.30. The molecule has 1 aromatic carbocycles. The van der Waals surface area contributed by atoms with Crippen LogP contribution in [-0.4, -0.2) is 34.3 Å². The van der Waals surface area contributed by atoms with Gasteiger partial charge in [0.2, 0.25) is 5.88 Å². The third kappa shape index (κ3) is 5.86. The molecule has 0 aliphatic heterocycles. The average molecular weight is 518 g/mol. The molecule has 1 aliphatic rings. The van der Waals surface area contributed by atoms with Crippen LogP contribution in [0.2, 0.25) is 10.2 Å². The van der Waals surface area contributed by atoms with Crippen molar-refractivity contribution in [3.63, 3.8) is 0 Å². The number of benzene rings is 1. The maximum absolute atomic E-state index is 13.4. The van der Waals surface area contributed by atoms with E-state index in [-0.39, 0.29) is 29.1 Å². The first-order valence-corrected chi connectivity index (χ1v) is 11.8. The highest BCUT2D eigenvalue weighted by Gasteiger charge is 2.35. The summed E-state index contributed by atoms with van der Waals surface area (Å²) in [5, 5.41) is 6.20. The zero-order chi connectivity index (χ0) is 25.1. The molecule has 2 aromatic heterocycles. The predicted molar refractivity (Wildman–Crippen MR) is 135 cm³/mol. The van der Waals surface area contributed by atoms with Crippen molar-refractivity contribution in [3.05, 3.63) is 68.3 Å². The molecule has 0 saturated heterocycles. The lowest BCUT2D eigenvalue weighted by atomic mass is 10.2. The standard InChI is InChI=1S/C24H25Cl2N5O4/c1-13-10-18(14(2)27-22(13)34-3)28-21-23(32)31(11-20(26)30-21)19(15-8-9-15)12-35-24(33)29-17-7-5-4-6-16(17)25/h4-7,10-11,15,19H,8-9,12H2,1-3H3,(H,28,30)(H,29,33)/t19-/m1/s1. The van der Waals surface area contributed by atoms with Gasteiger partial charge in [-0.15, -0.1) is 0 Å². The molecule has 4 rings (SSSR count). The lowest BCUT2D eigenvalue weighted by molar-refractivity contribution is 0.135. The van der Waals surface area contributed by atoms with Gasteiger partial charge in [-0.1, -0.05) is 35.3 Å². The van der Waals surface area contributed by atoms with Gasteiger partial charge in [0.15, 0.2) is 5.82 Å². The molecule has 1 fully saturated rings. The van der Waals surface area contributed by atoms with Crippen LogP contribution in [0.1, 0.15) is 30.1 Å². The first-order chi connectivity index (χ1) is 16.8. The molecule has 11 heteroatoms. The first-order valence-electron chi connectivity index (χ1n) is 11.0. The summed E-state index contributed by atoms with van der Waals surface area (Å²) in [6.07, 6.45) is 2.63. The fourth-order valence-corrected chi connectivity index (χ4v) is 4.12. The number of nitrogens with zero attached hydrogens (tertiary/aromatic N) is 3. The van der Waals surface area contributed by atoms with Crippen molar-refractivity contribution in [1.29, 1.82) is 0 Å². The smallest absolute Gasteiger partial charge is 0.411 e. The van der Waals surface area contributed by atoms with Crippen LogP contribution in [-0.2, 0) is 4.74 Å². The van der Waals surface area contributed by atoms with E-state index in [0.29, 0.717) is 28.0 Å². The van der Waals surface area contributed by atoms with E-state index in [9.17, 15) is 9.59 Å². The van der Waals surface area contributed by atoms with E-state index in [0.717, 1.165) is 18.4 Å². The second-order valence-corrected chi connectivity index (χ2v) is 9.10. The van der Waals surface area contributed by atoms with E-state index in [2.05, 4.69) is 20.6 Å². The van der Waals surface area contributed by atoms with Gasteiger partial charge in [-0.2, -0.15) is 0 Å². The molecule has 2 N–H and O–H groups in total. The third-order valence-electron chi connectivity index (χ3n) is 5.72. The Morgan fingerprint density at radius 1 is 1.20 bits per heavy atom. The summed E-state index contributed by atoms with van der Waals surface area (Å²) >= 11 is 12.4. The maximum Gasteiger partial charge on any atom is 0.411 e. The maximum atomic E-state index is 13.4. The lowest BCUT2D eigenvalue weighted by Gasteiger charge is -2.21.